The summed E-state index contributed by atoms with van der Waals surface area (Å²) in [6.45, 7) is 4.79. The quantitative estimate of drug-likeness (QED) is 0.705. The standard InChI is InChI=1S/C16H19Cl2N5O2S/c1-9(2)7-23-14(11-5-4-10(17)6-12(11)18)21-22-16(23)26-8-13(24)20-15(25)19-3/h4-6,9H,7-8H2,1-3H3,(H2,19,20,24,25). The zero-order valence-corrected chi connectivity index (χ0v) is 16.9. The van der Waals surface area contributed by atoms with Gasteiger partial charge < -0.3 is 9.88 Å². The first kappa shape index (κ1) is 20.5. The molecular weight excluding hydrogens is 397 g/mol. The average Bonchev–Trinajstić information content (AvgIpc) is 2.94. The molecule has 2 N–H and O–H groups in total. The number of rotatable bonds is 6. The van der Waals surface area contributed by atoms with E-state index in [1.54, 1.807) is 18.2 Å². The first-order valence-corrected chi connectivity index (χ1v) is 9.59. The Morgan fingerprint density at radius 2 is 2.00 bits per heavy atom. The van der Waals surface area contributed by atoms with E-state index in [1.165, 1.54) is 18.8 Å². The number of urea groups is 1. The molecule has 0 atom stereocenters. The number of aromatic nitrogens is 3. The highest BCUT2D eigenvalue weighted by atomic mass is 35.5. The predicted molar refractivity (Wildman–Crippen MR) is 104 cm³/mol. The van der Waals surface area contributed by atoms with Crippen LogP contribution >= 0.6 is 35.0 Å². The van der Waals surface area contributed by atoms with E-state index in [0.717, 1.165) is 0 Å². The lowest BCUT2D eigenvalue weighted by molar-refractivity contribution is -0.117. The van der Waals surface area contributed by atoms with E-state index in [2.05, 4.69) is 34.7 Å². The van der Waals surface area contributed by atoms with E-state index < -0.39 is 11.9 Å². The summed E-state index contributed by atoms with van der Waals surface area (Å²) in [5.74, 6) is 0.557. The fourth-order valence-electron chi connectivity index (χ4n) is 2.15. The summed E-state index contributed by atoms with van der Waals surface area (Å²) in [4.78, 5) is 23.0. The Labute approximate surface area is 165 Å². The highest BCUT2D eigenvalue weighted by Gasteiger charge is 2.19. The summed E-state index contributed by atoms with van der Waals surface area (Å²) in [5.41, 5.74) is 0.714. The van der Waals surface area contributed by atoms with E-state index in [4.69, 9.17) is 23.2 Å². The Hall–Kier alpha value is -1.77. The van der Waals surface area contributed by atoms with Crippen molar-refractivity contribution in [1.29, 1.82) is 0 Å². The van der Waals surface area contributed by atoms with Gasteiger partial charge in [-0.2, -0.15) is 0 Å². The van der Waals surface area contributed by atoms with Crippen LogP contribution in [0.1, 0.15) is 13.8 Å². The van der Waals surface area contributed by atoms with E-state index in [1.807, 2.05) is 4.57 Å². The molecule has 7 nitrogen and oxygen atoms in total. The van der Waals surface area contributed by atoms with Crippen molar-refractivity contribution in [3.8, 4) is 11.4 Å². The van der Waals surface area contributed by atoms with Gasteiger partial charge in [0.25, 0.3) is 0 Å². The van der Waals surface area contributed by atoms with Crippen LogP contribution in [0.2, 0.25) is 10.0 Å². The number of hydrogen-bond acceptors (Lipinski definition) is 5. The Bertz CT molecular complexity index is 810. The van der Waals surface area contributed by atoms with Gasteiger partial charge in [0.05, 0.1) is 10.8 Å². The van der Waals surface area contributed by atoms with Gasteiger partial charge in [-0.25, -0.2) is 4.79 Å². The van der Waals surface area contributed by atoms with Gasteiger partial charge in [-0.15, -0.1) is 10.2 Å². The van der Waals surface area contributed by atoms with Crippen LogP contribution in [-0.4, -0.2) is 39.5 Å². The highest BCUT2D eigenvalue weighted by molar-refractivity contribution is 7.99. The molecule has 140 valence electrons. The minimum Gasteiger partial charge on any atom is -0.341 e. The summed E-state index contributed by atoms with van der Waals surface area (Å²) in [5, 5.41) is 14.6. The van der Waals surface area contributed by atoms with Gasteiger partial charge in [0.15, 0.2) is 11.0 Å². The number of benzene rings is 1. The van der Waals surface area contributed by atoms with Crippen LogP contribution in [-0.2, 0) is 11.3 Å². The largest absolute Gasteiger partial charge is 0.341 e. The Morgan fingerprint density at radius 3 is 2.62 bits per heavy atom. The van der Waals surface area contributed by atoms with E-state index in [-0.39, 0.29) is 5.75 Å². The van der Waals surface area contributed by atoms with E-state index in [9.17, 15) is 9.59 Å². The first-order chi connectivity index (χ1) is 12.3. The molecule has 0 aliphatic carbocycles. The minimum atomic E-state index is -0.548. The van der Waals surface area contributed by atoms with Crippen LogP contribution in [0.25, 0.3) is 11.4 Å². The average molecular weight is 416 g/mol. The van der Waals surface area contributed by atoms with E-state index in [0.29, 0.717) is 39.1 Å². The van der Waals surface area contributed by atoms with Crippen LogP contribution < -0.4 is 10.6 Å². The van der Waals surface area contributed by atoms with Crippen LogP contribution in [0.5, 0.6) is 0 Å². The lowest BCUT2D eigenvalue weighted by Crippen LogP contribution is -2.38. The topological polar surface area (TPSA) is 88.9 Å². The number of nitrogens with one attached hydrogen (secondary N) is 2. The number of halogens is 2. The highest BCUT2D eigenvalue weighted by Crippen LogP contribution is 2.31. The van der Waals surface area contributed by atoms with Gasteiger partial charge in [0.2, 0.25) is 5.91 Å². The normalized spacial score (nSPS) is 10.8. The van der Waals surface area contributed by atoms with Crippen LogP contribution in [0.3, 0.4) is 0 Å². The van der Waals surface area contributed by atoms with Gasteiger partial charge in [-0.1, -0.05) is 48.8 Å². The molecule has 0 aliphatic rings. The third-order valence-corrected chi connectivity index (χ3v) is 4.76. The van der Waals surface area contributed by atoms with Crippen molar-refractivity contribution in [2.24, 2.45) is 5.92 Å². The number of hydrogen-bond donors (Lipinski definition) is 2. The molecule has 1 aromatic carbocycles. The summed E-state index contributed by atoms with van der Waals surface area (Å²) in [6.07, 6.45) is 0. The number of carbonyl (C=O) groups excluding carboxylic acids is 2. The van der Waals surface area contributed by atoms with Crippen molar-refractivity contribution in [2.75, 3.05) is 12.8 Å². The SMILES string of the molecule is CNC(=O)NC(=O)CSc1nnc(-c2ccc(Cl)cc2Cl)n1CC(C)C. The third kappa shape index (κ3) is 5.36. The molecule has 0 saturated carbocycles. The maximum Gasteiger partial charge on any atom is 0.321 e. The van der Waals surface area contributed by atoms with Crippen molar-refractivity contribution in [2.45, 2.75) is 25.5 Å². The Balaban J connectivity index is 2.26. The minimum absolute atomic E-state index is 0.0397. The van der Waals surface area contributed by atoms with Crippen molar-refractivity contribution in [3.63, 3.8) is 0 Å². The maximum atomic E-state index is 11.8. The van der Waals surface area contributed by atoms with Crippen molar-refractivity contribution < 1.29 is 9.59 Å². The van der Waals surface area contributed by atoms with Crippen molar-refractivity contribution in [3.05, 3.63) is 28.2 Å². The molecule has 26 heavy (non-hydrogen) atoms. The molecule has 0 aliphatic heterocycles. The molecule has 3 amide bonds. The molecule has 0 fully saturated rings. The number of nitrogens with zero attached hydrogens (tertiary/aromatic N) is 3. The van der Waals surface area contributed by atoms with Crippen LogP contribution in [0.4, 0.5) is 4.79 Å². The second kappa shape index (κ2) is 9.25. The van der Waals surface area contributed by atoms with Gasteiger partial charge in [0.1, 0.15) is 0 Å². The smallest absolute Gasteiger partial charge is 0.321 e. The molecule has 2 rings (SSSR count). The van der Waals surface area contributed by atoms with Gasteiger partial charge in [0, 0.05) is 24.2 Å². The number of amides is 3. The van der Waals surface area contributed by atoms with E-state index >= 15 is 0 Å². The summed E-state index contributed by atoms with van der Waals surface area (Å²) in [7, 11) is 1.44. The fourth-order valence-corrected chi connectivity index (χ4v) is 3.39. The number of thioether (sulfide) groups is 1. The third-order valence-electron chi connectivity index (χ3n) is 3.25. The molecule has 1 heterocycles. The van der Waals surface area contributed by atoms with Crippen LogP contribution in [0.15, 0.2) is 23.4 Å². The van der Waals surface area contributed by atoms with Crippen molar-refractivity contribution in [1.82, 2.24) is 25.4 Å². The molecular formula is C16H19Cl2N5O2S. The summed E-state index contributed by atoms with van der Waals surface area (Å²) >= 11 is 13.5. The van der Waals surface area contributed by atoms with Crippen molar-refractivity contribution >= 4 is 46.9 Å². The maximum absolute atomic E-state index is 11.8. The van der Waals surface area contributed by atoms with Crippen LogP contribution in [0, 0.1) is 5.92 Å². The molecule has 1 aromatic heterocycles. The monoisotopic (exact) mass is 415 g/mol. The number of imide groups is 1. The van der Waals surface area contributed by atoms with Gasteiger partial charge >= 0.3 is 6.03 Å². The molecule has 0 saturated heterocycles. The number of carbonyl (C=O) groups is 2. The fraction of sp³-hybridized carbons (Fsp3) is 0.375. The molecule has 0 spiro atoms. The lowest BCUT2D eigenvalue weighted by Gasteiger charge is -2.13. The molecule has 10 heteroatoms. The van der Waals surface area contributed by atoms with Gasteiger partial charge in [-0.3, -0.25) is 10.1 Å². The lowest BCUT2D eigenvalue weighted by atomic mass is 10.2. The second-order valence-electron chi connectivity index (χ2n) is 5.85. The molecule has 0 bridgehead atoms. The summed E-state index contributed by atoms with van der Waals surface area (Å²) in [6, 6.07) is 4.63. The molecule has 0 unspecified atom stereocenters. The Morgan fingerprint density at radius 1 is 1.27 bits per heavy atom. The van der Waals surface area contributed by atoms with Gasteiger partial charge in [-0.05, 0) is 24.1 Å². The molecule has 0 radical (unpaired) electrons. The predicted octanol–water partition coefficient (Wildman–Crippen LogP) is 3.46. The molecule has 2 aromatic rings. The first-order valence-electron chi connectivity index (χ1n) is 7.84. The zero-order chi connectivity index (χ0) is 19.3. The Kier molecular flexibility index (Phi) is 7.31. The zero-order valence-electron chi connectivity index (χ0n) is 14.5. The second-order valence-corrected chi connectivity index (χ2v) is 7.64. The summed E-state index contributed by atoms with van der Waals surface area (Å²) < 4.78 is 1.91.